The first-order chi connectivity index (χ1) is 14.3. The number of nitrogens with zero attached hydrogens (tertiary/aromatic N) is 5. The number of aliphatic hydroxyl groups is 1. The fraction of sp³-hybridized carbons (Fsp3) is 0.316. The van der Waals surface area contributed by atoms with Crippen LogP contribution in [0.1, 0.15) is 28.5 Å². The molecule has 4 rings (SSSR count). The van der Waals surface area contributed by atoms with Crippen molar-refractivity contribution in [2.24, 2.45) is 0 Å². The molecule has 156 valence electrons. The maximum atomic E-state index is 12.8. The standard InChI is InChI=1S/C19H21N7O3S/c1-10(26-9-21-16-15(26)18(28)25(4)19(29)24(16)3)17(27)23-14-6-5-12(7-20-14)13-8-30-11(2)22-13/h5-10,19,29H,1-4H3,(H,20,23,27)/p+1/t10-,19?/m1/s1. The highest BCUT2D eigenvalue weighted by Gasteiger charge is 2.42. The van der Waals surface area contributed by atoms with E-state index in [0.717, 1.165) is 16.3 Å². The van der Waals surface area contributed by atoms with Gasteiger partial charge in [-0.25, -0.2) is 14.9 Å². The van der Waals surface area contributed by atoms with Crippen LogP contribution in [0.3, 0.4) is 0 Å². The van der Waals surface area contributed by atoms with E-state index in [0.29, 0.717) is 16.5 Å². The summed E-state index contributed by atoms with van der Waals surface area (Å²) < 4.78 is 1.52. The number of amides is 2. The summed E-state index contributed by atoms with van der Waals surface area (Å²) in [7, 11) is 3.22. The predicted octanol–water partition coefficient (Wildman–Crippen LogP) is 0.417. The number of imidazole rings is 1. The third-order valence-corrected chi connectivity index (χ3v) is 5.94. The van der Waals surface area contributed by atoms with Gasteiger partial charge in [0.1, 0.15) is 18.2 Å². The van der Waals surface area contributed by atoms with Gasteiger partial charge in [-0.3, -0.25) is 14.5 Å². The van der Waals surface area contributed by atoms with Crippen LogP contribution in [0.25, 0.3) is 11.3 Å². The monoisotopic (exact) mass is 428 g/mol. The lowest BCUT2D eigenvalue weighted by atomic mass is 10.2. The van der Waals surface area contributed by atoms with Crippen LogP contribution in [0.15, 0.2) is 30.0 Å². The van der Waals surface area contributed by atoms with Gasteiger partial charge in [0.25, 0.3) is 18.1 Å². The van der Waals surface area contributed by atoms with Crippen LogP contribution >= 0.6 is 11.3 Å². The maximum absolute atomic E-state index is 12.8. The Labute approximate surface area is 176 Å². The number of aliphatic hydroxyl groups excluding tert-OH is 1. The minimum Gasteiger partial charge on any atom is -0.327 e. The molecule has 1 aliphatic rings. The van der Waals surface area contributed by atoms with Gasteiger partial charge in [0.05, 0.1) is 17.7 Å². The topological polar surface area (TPSA) is 118 Å². The second-order valence-electron chi connectivity index (χ2n) is 7.17. The molecule has 10 nitrogen and oxygen atoms in total. The van der Waals surface area contributed by atoms with Gasteiger partial charge in [-0.1, -0.05) is 0 Å². The van der Waals surface area contributed by atoms with E-state index >= 15 is 0 Å². The molecule has 3 aromatic rings. The fourth-order valence-corrected chi connectivity index (χ4v) is 3.94. The lowest BCUT2D eigenvalue weighted by Crippen LogP contribution is -3.12. The van der Waals surface area contributed by atoms with Gasteiger partial charge in [-0.15, -0.1) is 11.3 Å². The van der Waals surface area contributed by atoms with Crippen molar-refractivity contribution in [1.29, 1.82) is 0 Å². The summed E-state index contributed by atoms with van der Waals surface area (Å²) in [5, 5.41) is 15.8. The normalized spacial score (nSPS) is 19.5. The lowest BCUT2D eigenvalue weighted by molar-refractivity contribution is -0.883. The average Bonchev–Trinajstić information content (AvgIpc) is 3.37. The summed E-state index contributed by atoms with van der Waals surface area (Å²) in [6.45, 7) is 3.62. The first-order valence-corrected chi connectivity index (χ1v) is 10.2. The van der Waals surface area contributed by atoms with Gasteiger partial charge >= 0.3 is 0 Å². The Morgan fingerprint density at radius 2 is 2.13 bits per heavy atom. The Morgan fingerprint density at radius 1 is 1.37 bits per heavy atom. The first-order valence-electron chi connectivity index (χ1n) is 9.33. The Balaban J connectivity index is 1.53. The van der Waals surface area contributed by atoms with Gasteiger partial charge in [0, 0.05) is 24.2 Å². The Bertz CT molecular complexity index is 1110. The van der Waals surface area contributed by atoms with E-state index < -0.39 is 12.4 Å². The quantitative estimate of drug-likeness (QED) is 0.554. The summed E-state index contributed by atoms with van der Waals surface area (Å²) in [6, 6.07) is 2.86. The van der Waals surface area contributed by atoms with Crippen molar-refractivity contribution in [1.82, 2.24) is 24.4 Å². The van der Waals surface area contributed by atoms with Crippen molar-refractivity contribution in [3.8, 4) is 11.3 Å². The van der Waals surface area contributed by atoms with Crippen LogP contribution in [-0.2, 0) is 4.79 Å². The summed E-state index contributed by atoms with van der Waals surface area (Å²) >= 11 is 1.56. The molecular weight excluding hydrogens is 406 g/mol. The molecule has 30 heavy (non-hydrogen) atoms. The minimum absolute atomic E-state index is 0.283. The molecule has 0 saturated heterocycles. The number of hydrogen-bond acceptors (Lipinski definition) is 7. The number of quaternary nitrogens is 1. The second kappa shape index (κ2) is 7.59. The van der Waals surface area contributed by atoms with E-state index in [9.17, 15) is 14.7 Å². The highest BCUT2D eigenvalue weighted by atomic mass is 32.1. The van der Waals surface area contributed by atoms with E-state index in [1.807, 2.05) is 18.4 Å². The SMILES string of the molecule is Cc1nc(-c2ccc(NC(=O)[C@@H](C)n3cnc4c3C(=O)N(C)C(O)[NH+]4C)nc2)cs1. The Hall–Kier alpha value is -3.15. The molecule has 0 radical (unpaired) electrons. The average molecular weight is 428 g/mol. The zero-order valence-electron chi connectivity index (χ0n) is 16.9. The molecule has 0 fully saturated rings. The highest BCUT2D eigenvalue weighted by Crippen LogP contribution is 2.24. The largest absolute Gasteiger partial charge is 0.327 e. The number of hydrogen-bond donors (Lipinski definition) is 3. The van der Waals surface area contributed by atoms with Crippen molar-refractivity contribution >= 4 is 34.8 Å². The van der Waals surface area contributed by atoms with Crippen molar-refractivity contribution in [2.75, 3.05) is 19.4 Å². The van der Waals surface area contributed by atoms with Crippen LogP contribution in [-0.4, -0.2) is 61.8 Å². The molecule has 0 bridgehead atoms. The van der Waals surface area contributed by atoms with Crippen LogP contribution in [0, 0.1) is 6.92 Å². The van der Waals surface area contributed by atoms with E-state index in [4.69, 9.17) is 0 Å². The molecule has 0 spiro atoms. The van der Waals surface area contributed by atoms with Crippen molar-refractivity contribution in [3.63, 3.8) is 0 Å². The van der Waals surface area contributed by atoms with E-state index in [2.05, 4.69) is 20.3 Å². The fourth-order valence-electron chi connectivity index (χ4n) is 3.32. The number of carbonyl (C=O) groups excluding carboxylic acids is 2. The van der Waals surface area contributed by atoms with Gasteiger partial charge in [0.15, 0.2) is 5.69 Å². The lowest BCUT2D eigenvalue weighted by Gasteiger charge is -2.31. The summed E-state index contributed by atoms with van der Waals surface area (Å²) in [6.07, 6.45) is 2.08. The number of rotatable bonds is 4. The molecule has 3 N–H and O–H groups in total. The van der Waals surface area contributed by atoms with Gasteiger partial charge in [-0.05, 0) is 26.0 Å². The maximum Gasteiger partial charge on any atom is 0.284 e. The Morgan fingerprint density at radius 3 is 2.77 bits per heavy atom. The third-order valence-electron chi connectivity index (χ3n) is 5.17. The van der Waals surface area contributed by atoms with Crippen molar-refractivity contribution in [2.45, 2.75) is 26.2 Å². The highest BCUT2D eigenvalue weighted by molar-refractivity contribution is 7.09. The van der Waals surface area contributed by atoms with Crippen molar-refractivity contribution in [3.05, 3.63) is 40.7 Å². The molecule has 2 unspecified atom stereocenters. The minimum atomic E-state index is -1.03. The number of fused-ring (bicyclic) bond motifs is 1. The Kier molecular flexibility index (Phi) is 5.10. The van der Waals surface area contributed by atoms with Crippen LogP contribution < -0.4 is 10.2 Å². The smallest absolute Gasteiger partial charge is 0.284 e. The number of pyridine rings is 1. The molecule has 4 heterocycles. The molecule has 11 heteroatoms. The number of nitrogens with one attached hydrogen (secondary N) is 2. The zero-order valence-corrected chi connectivity index (χ0v) is 17.8. The number of thiazole rings is 1. The number of aryl methyl sites for hydroxylation is 1. The molecule has 3 aromatic heterocycles. The summed E-state index contributed by atoms with van der Waals surface area (Å²) in [5.74, 6) is 0.0879. The van der Waals surface area contributed by atoms with Crippen LogP contribution in [0.5, 0.6) is 0 Å². The number of aromatic nitrogens is 4. The molecule has 0 saturated carbocycles. The van der Waals surface area contributed by atoms with E-state index in [-0.39, 0.29) is 17.5 Å². The van der Waals surface area contributed by atoms with Gasteiger partial charge in [-0.2, -0.15) is 4.98 Å². The molecule has 0 aliphatic carbocycles. The zero-order chi connectivity index (χ0) is 21.6. The predicted molar refractivity (Wildman–Crippen MR) is 110 cm³/mol. The van der Waals surface area contributed by atoms with Gasteiger partial charge < -0.3 is 15.0 Å². The molecule has 2 amide bonds. The van der Waals surface area contributed by atoms with Crippen LogP contribution in [0.2, 0.25) is 0 Å². The molecule has 0 aromatic carbocycles. The van der Waals surface area contributed by atoms with Crippen molar-refractivity contribution < 1.29 is 19.6 Å². The molecule has 1 aliphatic heterocycles. The first kappa shape index (κ1) is 20.1. The van der Waals surface area contributed by atoms with Crippen LogP contribution in [0.4, 0.5) is 11.6 Å². The number of carbonyl (C=O) groups is 2. The summed E-state index contributed by atoms with van der Waals surface area (Å²) in [4.78, 5) is 40.2. The summed E-state index contributed by atoms with van der Waals surface area (Å²) in [5.41, 5.74) is 2.00. The third kappa shape index (κ3) is 3.36. The van der Waals surface area contributed by atoms with E-state index in [1.165, 1.54) is 22.8 Å². The molecule has 3 atom stereocenters. The number of anilines is 1. The van der Waals surface area contributed by atoms with Gasteiger partial charge in [0.2, 0.25) is 5.91 Å². The molecular formula is C19H22N7O3S+. The van der Waals surface area contributed by atoms with E-state index in [1.54, 1.807) is 37.6 Å². The second-order valence-corrected chi connectivity index (χ2v) is 8.23.